The largest absolute Gasteiger partial charge is 0.463 e. The van der Waals surface area contributed by atoms with Crippen molar-refractivity contribution in [1.29, 1.82) is 0 Å². The molecule has 2 aromatic rings. The molecule has 2 saturated heterocycles. The average Bonchev–Trinajstić information content (AvgIpc) is 3.77. The smallest absolute Gasteiger partial charge is 0.306 e. The molecule has 9 nitrogen and oxygen atoms in total. The number of amides is 1. The molecule has 3 heterocycles. The summed E-state index contributed by atoms with van der Waals surface area (Å²) in [6.45, 7) is -0.142. The van der Waals surface area contributed by atoms with E-state index in [0.29, 0.717) is 25.3 Å². The van der Waals surface area contributed by atoms with Gasteiger partial charge in [0, 0.05) is 18.9 Å². The Morgan fingerprint density at radius 3 is 2.72 bits per heavy atom. The second kappa shape index (κ2) is 15.3. The number of fused-ring (bicyclic) bond motifs is 2. The number of nitrogens with zero attached hydrogens (tertiary/aromatic N) is 1. The lowest BCUT2D eigenvalue weighted by Gasteiger charge is -2.26. The molecule has 1 aliphatic carbocycles. The molecule has 1 unspecified atom stereocenters. The van der Waals surface area contributed by atoms with Crippen LogP contribution in [0.15, 0.2) is 28.9 Å². The van der Waals surface area contributed by atoms with Crippen molar-refractivity contribution in [3.63, 3.8) is 0 Å². The highest BCUT2D eigenvalue weighted by Gasteiger charge is 2.51. The standard InChI is InChI=1S/C33H45FN2O7/c34-24-11-9-22(10-14-30(39)41-19-25(38)18-37)23(16-24)17-26-28-12-13-29(43-28)31(26)33-36-27(20-42-33)32(40)35-15-5-4-8-21-6-2-1-3-7-21/h9,11,16,20-21,25-26,28-29,31,37-38H,1-8,10,12-15,17-19H2,(H,35,40)/t25?,26-,28+,29+,31-/m0/s1. The molecule has 1 saturated carbocycles. The predicted molar refractivity (Wildman–Crippen MR) is 156 cm³/mol. The van der Waals surface area contributed by atoms with Crippen LogP contribution in [-0.2, 0) is 27.1 Å². The summed E-state index contributed by atoms with van der Waals surface area (Å²) in [4.78, 5) is 29.6. The molecule has 3 fully saturated rings. The van der Waals surface area contributed by atoms with E-state index in [4.69, 9.17) is 19.0 Å². The van der Waals surface area contributed by atoms with E-state index in [2.05, 4.69) is 10.3 Å². The highest BCUT2D eigenvalue weighted by Crippen LogP contribution is 2.50. The molecule has 1 amide bonds. The maximum atomic E-state index is 14.4. The minimum atomic E-state index is -1.11. The van der Waals surface area contributed by atoms with Crippen LogP contribution in [0.5, 0.6) is 0 Å². The zero-order valence-corrected chi connectivity index (χ0v) is 24.8. The molecule has 236 valence electrons. The molecule has 3 N–H and O–H groups in total. The Hall–Kier alpha value is -2.82. The van der Waals surface area contributed by atoms with E-state index in [1.807, 2.05) is 0 Å². The third-order valence-corrected chi connectivity index (χ3v) is 9.38. The zero-order chi connectivity index (χ0) is 30.2. The van der Waals surface area contributed by atoms with Gasteiger partial charge < -0.3 is 29.4 Å². The first-order valence-corrected chi connectivity index (χ1v) is 16.0. The highest BCUT2D eigenvalue weighted by atomic mass is 19.1. The van der Waals surface area contributed by atoms with Crippen LogP contribution in [0, 0.1) is 17.7 Å². The van der Waals surface area contributed by atoms with Crippen LogP contribution in [0.25, 0.3) is 0 Å². The van der Waals surface area contributed by atoms with Crippen molar-refractivity contribution in [3.8, 4) is 0 Å². The molecule has 1 aromatic carbocycles. The number of esters is 1. The van der Waals surface area contributed by atoms with Gasteiger partial charge in [-0.05, 0) is 61.3 Å². The van der Waals surface area contributed by atoms with E-state index < -0.39 is 18.7 Å². The van der Waals surface area contributed by atoms with Crippen LogP contribution in [0.1, 0.15) is 104 Å². The van der Waals surface area contributed by atoms with E-state index in [9.17, 15) is 19.1 Å². The monoisotopic (exact) mass is 600 g/mol. The molecule has 10 heteroatoms. The van der Waals surface area contributed by atoms with Gasteiger partial charge in [0.05, 0.1) is 24.7 Å². The summed E-state index contributed by atoms with van der Waals surface area (Å²) < 4.78 is 31.5. The van der Waals surface area contributed by atoms with Gasteiger partial charge in [-0.15, -0.1) is 0 Å². The summed E-state index contributed by atoms with van der Waals surface area (Å²) in [5.74, 6) is 0.0530. The highest BCUT2D eigenvalue weighted by molar-refractivity contribution is 5.91. The van der Waals surface area contributed by atoms with Gasteiger partial charge in [-0.2, -0.15) is 0 Å². The minimum Gasteiger partial charge on any atom is -0.463 e. The maximum Gasteiger partial charge on any atom is 0.306 e. The van der Waals surface area contributed by atoms with Crippen LogP contribution in [0.2, 0.25) is 0 Å². The molecule has 0 spiro atoms. The van der Waals surface area contributed by atoms with Crippen LogP contribution >= 0.6 is 0 Å². The number of rotatable bonds is 15. The molecule has 5 rings (SSSR count). The van der Waals surface area contributed by atoms with Crippen molar-refractivity contribution in [1.82, 2.24) is 10.3 Å². The summed E-state index contributed by atoms with van der Waals surface area (Å²) in [5, 5.41) is 21.3. The van der Waals surface area contributed by atoms with Crippen LogP contribution in [0.3, 0.4) is 0 Å². The first kappa shape index (κ1) is 31.6. The molecule has 43 heavy (non-hydrogen) atoms. The number of aliphatic hydroxyl groups excluding tert-OH is 2. The molecule has 2 bridgehead atoms. The number of carbonyl (C=O) groups is 2. The van der Waals surface area contributed by atoms with Gasteiger partial charge in [0.2, 0.25) is 5.89 Å². The number of carbonyl (C=O) groups excluding carboxylic acids is 2. The van der Waals surface area contributed by atoms with Crippen LogP contribution in [0.4, 0.5) is 4.39 Å². The number of hydrogen-bond acceptors (Lipinski definition) is 8. The lowest BCUT2D eigenvalue weighted by molar-refractivity contribution is -0.147. The number of ether oxygens (including phenoxy) is 2. The number of hydrogen-bond donors (Lipinski definition) is 3. The number of aromatic nitrogens is 1. The molecule has 2 aliphatic heterocycles. The molecule has 1 aromatic heterocycles. The fourth-order valence-electron chi connectivity index (χ4n) is 7.08. The zero-order valence-electron chi connectivity index (χ0n) is 24.8. The number of aryl methyl sites for hydroxylation is 1. The van der Waals surface area contributed by atoms with Gasteiger partial charge >= 0.3 is 5.97 Å². The van der Waals surface area contributed by atoms with Gasteiger partial charge in [0.1, 0.15) is 24.8 Å². The minimum absolute atomic E-state index is 0.0136. The number of nitrogens with one attached hydrogen (secondary N) is 1. The lowest BCUT2D eigenvalue weighted by Crippen LogP contribution is -2.28. The van der Waals surface area contributed by atoms with E-state index in [1.165, 1.54) is 56.9 Å². The molecular formula is C33H45FN2O7. The lowest BCUT2D eigenvalue weighted by atomic mass is 9.75. The summed E-state index contributed by atoms with van der Waals surface area (Å²) in [6.07, 6.45) is 13.0. The number of aliphatic hydroxyl groups is 2. The van der Waals surface area contributed by atoms with Gasteiger partial charge in [0.25, 0.3) is 5.91 Å². The average molecular weight is 601 g/mol. The Balaban J connectivity index is 1.17. The Morgan fingerprint density at radius 1 is 1.09 bits per heavy atom. The van der Waals surface area contributed by atoms with Crippen molar-refractivity contribution >= 4 is 11.9 Å². The molecule has 3 aliphatic rings. The Bertz CT molecular complexity index is 1210. The van der Waals surface area contributed by atoms with Crippen LogP contribution in [-0.4, -0.2) is 65.1 Å². The van der Waals surface area contributed by atoms with E-state index in [-0.39, 0.29) is 54.5 Å². The second-order valence-electron chi connectivity index (χ2n) is 12.4. The quantitative estimate of drug-likeness (QED) is 0.199. The van der Waals surface area contributed by atoms with Crippen molar-refractivity contribution in [3.05, 3.63) is 53.0 Å². The van der Waals surface area contributed by atoms with Gasteiger partial charge in [-0.25, -0.2) is 9.37 Å². The Morgan fingerprint density at radius 2 is 1.91 bits per heavy atom. The molecule has 0 radical (unpaired) electrons. The summed E-state index contributed by atoms with van der Waals surface area (Å²) >= 11 is 0. The normalized spacial score (nSPS) is 24.3. The van der Waals surface area contributed by atoms with Crippen LogP contribution < -0.4 is 5.32 Å². The van der Waals surface area contributed by atoms with Crippen molar-refractivity contribution in [2.45, 2.75) is 108 Å². The van der Waals surface area contributed by atoms with Crippen molar-refractivity contribution in [2.75, 3.05) is 19.8 Å². The fraction of sp³-hybridized carbons (Fsp3) is 0.667. The number of unbranched alkanes of at least 4 members (excludes halogenated alkanes) is 1. The Kier molecular flexibility index (Phi) is 11.2. The predicted octanol–water partition coefficient (Wildman–Crippen LogP) is 4.63. The fourth-order valence-corrected chi connectivity index (χ4v) is 7.08. The Labute approximate surface area is 252 Å². The van der Waals surface area contributed by atoms with Gasteiger partial charge in [-0.3, -0.25) is 9.59 Å². The van der Waals surface area contributed by atoms with E-state index >= 15 is 0 Å². The maximum absolute atomic E-state index is 14.4. The van der Waals surface area contributed by atoms with Gasteiger partial charge in [-0.1, -0.05) is 51.0 Å². The summed E-state index contributed by atoms with van der Waals surface area (Å²) in [6, 6.07) is 4.57. The van der Waals surface area contributed by atoms with Crippen molar-refractivity contribution < 1.29 is 38.1 Å². The van der Waals surface area contributed by atoms with Gasteiger partial charge in [0.15, 0.2) is 5.69 Å². The number of halogens is 1. The topological polar surface area (TPSA) is 131 Å². The SMILES string of the molecule is O=C(CCc1ccc(F)cc1C[C@@H]1[C@H](c2nc(C(=O)NCCCCC3CCCCC3)co2)[C@H]2CC[C@H]1O2)OCC(O)CO. The second-order valence-corrected chi connectivity index (χ2v) is 12.4. The first-order chi connectivity index (χ1) is 20.9. The van der Waals surface area contributed by atoms with E-state index in [1.54, 1.807) is 6.07 Å². The summed E-state index contributed by atoms with van der Waals surface area (Å²) in [5.41, 5.74) is 1.88. The third-order valence-electron chi connectivity index (χ3n) is 9.38. The summed E-state index contributed by atoms with van der Waals surface area (Å²) in [7, 11) is 0. The third kappa shape index (κ3) is 8.42. The van der Waals surface area contributed by atoms with Crippen molar-refractivity contribution in [2.24, 2.45) is 11.8 Å². The first-order valence-electron chi connectivity index (χ1n) is 16.0. The van der Waals surface area contributed by atoms with E-state index in [0.717, 1.165) is 42.7 Å². The number of oxazole rings is 1. The number of benzene rings is 1. The molecule has 5 atom stereocenters. The molecular weight excluding hydrogens is 555 g/mol.